The lowest BCUT2D eigenvalue weighted by Gasteiger charge is -2.11. The summed E-state index contributed by atoms with van der Waals surface area (Å²) in [7, 11) is 0. The number of ether oxygens (including phenoxy) is 1. The standard InChI is InChI=1S/C21H23NO3/c1-3-5-6-16-13-17(21(25-4-2)14-20(16)24)9-12-19(23)15-7-10-18(22)11-8-15/h3,5,7-14,24H,4,6,22H2,1-2H3. The van der Waals surface area contributed by atoms with Gasteiger partial charge in [0.25, 0.3) is 0 Å². The van der Waals surface area contributed by atoms with E-state index >= 15 is 0 Å². The summed E-state index contributed by atoms with van der Waals surface area (Å²) < 4.78 is 5.57. The number of nitrogens with two attached hydrogens (primary N) is 1. The topological polar surface area (TPSA) is 72.6 Å². The maximum absolute atomic E-state index is 12.3. The summed E-state index contributed by atoms with van der Waals surface area (Å²) >= 11 is 0. The van der Waals surface area contributed by atoms with E-state index in [9.17, 15) is 9.90 Å². The molecule has 0 saturated carbocycles. The Bertz CT molecular complexity index is 790. The summed E-state index contributed by atoms with van der Waals surface area (Å²) in [6.45, 7) is 4.27. The Kier molecular flexibility index (Phi) is 6.40. The number of benzene rings is 2. The van der Waals surface area contributed by atoms with Crippen molar-refractivity contribution in [2.24, 2.45) is 0 Å². The lowest BCUT2D eigenvalue weighted by molar-refractivity contribution is 0.104. The van der Waals surface area contributed by atoms with E-state index in [2.05, 4.69) is 0 Å². The maximum atomic E-state index is 12.3. The average Bonchev–Trinajstić information content (AvgIpc) is 2.60. The third-order valence-electron chi connectivity index (χ3n) is 3.69. The number of rotatable bonds is 7. The highest BCUT2D eigenvalue weighted by Gasteiger charge is 2.09. The first-order chi connectivity index (χ1) is 12.0. The van der Waals surface area contributed by atoms with Crippen LogP contribution in [0.15, 0.2) is 54.6 Å². The first-order valence-corrected chi connectivity index (χ1v) is 8.23. The number of carbonyl (C=O) groups excluding carboxylic acids is 1. The number of ketones is 1. The van der Waals surface area contributed by atoms with Gasteiger partial charge in [-0.1, -0.05) is 12.2 Å². The third-order valence-corrected chi connectivity index (χ3v) is 3.69. The molecule has 0 fully saturated rings. The number of phenols is 1. The van der Waals surface area contributed by atoms with E-state index in [1.165, 1.54) is 6.08 Å². The fourth-order valence-corrected chi connectivity index (χ4v) is 2.36. The molecule has 0 aliphatic rings. The van der Waals surface area contributed by atoms with E-state index in [-0.39, 0.29) is 11.5 Å². The van der Waals surface area contributed by atoms with Crippen LogP contribution in [0.5, 0.6) is 11.5 Å². The summed E-state index contributed by atoms with van der Waals surface area (Å²) in [5.74, 6) is 0.611. The molecule has 25 heavy (non-hydrogen) atoms. The van der Waals surface area contributed by atoms with Gasteiger partial charge >= 0.3 is 0 Å². The van der Waals surface area contributed by atoms with Crippen LogP contribution in [-0.2, 0) is 6.42 Å². The van der Waals surface area contributed by atoms with Crippen LogP contribution < -0.4 is 10.5 Å². The molecule has 0 bridgehead atoms. The van der Waals surface area contributed by atoms with Crippen molar-refractivity contribution >= 4 is 17.5 Å². The second-order valence-electron chi connectivity index (χ2n) is 5.54. The number of aromatic hydroxyl groups is 1. The number of carbonyl (C=O) groups is 1. The molecule has 0 aliphatic heterocycles. The van der Waals surface area contributed by atoms with E-state index in [1.807, 2.05) is 32.1 Å². The van der Waals surface area contributed by atoms with Gasteiger partial charge < -0.3 is 15.6 Å². The molecule has 0 spiro atoms. The molecule has 2 aromatic carbocycles. The number of anilines is 1. The van der Waals surface area contributed by atoms with Gasteiger partial charge in [-0.15, -0.1) is 0 Å². The summed E-state index contributed by atoms with van der Waals surface area (Å²) in [6, 6.07) is 10.2. The quantitative estimate of drug-likeness (QED) is 0.340. The van der Waals surface area contributed by atoms with Gasteiger partial charge in [0.1, 0.15) is 11.5 Å². The Labute approximate surface area is 148 Å². The lowest BCUT2D eigenvalue weighted by Crippen LogP contribution is -1.97. The zero-order chi connectivity index (χ0) is 18.2. The molecule has 0 atom stereocenters. The van der Waals surface area contributed by atoms with Crippen LogP contribution >= 0.6 is 0 Å². The zero-order valence-corrected chi connectivity index (χ0v) is 14.5. The fraction of sp³-hybridized carbons (Fsp3) is 0.190. The Hall–Kier alpha value is -3.01. The zero-order valence-electron chi connectivity index (χ0n) is 14.5. The molecule has 4 heteroatoms. The molecule has 0 unspecified atom stereocenters. The first-order valence-electron chi connectivity index (χ1n) is 8.23. The molecular formula is C21H23NO3. The van der Waals surface area contributed by atoms with Gasteiger partial charge in [-0.05, 0) is 68.3 Å². The second-order valence-corrected chi connectivity index (χ2v) is 5.54. The van der Waals surface area contributed by atoms with Crippen molar-refractivity contribution < 1.29 is 14.6 Å². The highest BCUT2D eigenvalue weighted by Crippen LogP contribution is 2.30. The average molecular weight is 337 g/mol. The molecule has 0 saturated heterocycles. The van der Waals surface area contributed by atoms with E-state index in [1.54, 1.807) is 36.4 Å². The van der Waals surface area contributed by atoms with Gasteiger partial charge in [-0.3, -0.25) is 4.79 Å². The summed E-state index contributed by atoms with van der Waals surface area (Å²) in [6.07, 6.45) is 7.71. The number of nitrogen functional groups attached to an aromatic ring is 1. The Balaban J connectivity index is 2.31. The van der Waals surface area contributed by atoms with Crippen LogP contribution in [0.3, 0.4) is 0 Å². The lowest BCUT2D eigenvalue weighted by atomic mass is 10.0. The maximum Gasteiger partial charge on any atom is 0.185 e. The largest absolute Gasteiger partial charge is 0.508 e. The number of hydrogen-bond donors (Lipinski definition) is 2. The Morgan fingerprint density at radius 2 is 1.96 bits per heavy atom. The summed E-state index contributed by atoms with van der Waals surface area (Å²) in [4.78, 5) is 12.3. The molecule has 0 heterocycles. The van der Waals surface area contributed by atoms with Crippen molar-refractivity contribution in [3.63, 3.8) is 0 Å². The predicted octanol–water partition coefficient (Wildman–Crippen LogP) is 4.39. The molecule has 2 rings (SSSR count). The van der Waals surface area contributed by atoms with E-state index < -0.39 is 0 Å². The van der Waals surface area contributed by atoms with Crippen LogP contribution in [0.1, 0.15) is 35.3 Å². The number of phenolic OH excluding ortho intramolecular Hbond substituents is 1. The SMILES string of the molecule is CC=CCc1cc(C=CC(=O)c2ccc(N)cc2)c(OCC)cc1O. The fourth-order valence-electron chi connectivity index (χ4n) is 2.36. The molecule has 0 radical (unpaired) electrons. The highest BCUT2D eigenvalue weighted by atomic mass is 16.5. The van der Waals surface area contributed by atoms with Crippen molar-refractivity contribution in [3.8, 4) is 11.5 Å². The van der Waals surface area contributed by atoms with Gasteiger partial charge in [0.05, 0.1) is 6.61 Å². The molecule has 4 nitrogen and oxygen atoms in total. The minimum atomic E-state index is -0.120. The smallest absolute Gasteiger partial charge is 0.185 e. The van der Waals surface area contributed by atoms with Crippen LogP contribution in [0.4, 0.5) is 5.69 Å². The molecule has 130 valence electrons. The molecule has 0 aromatic heterocycles. The molecular weight excluding hydrogens is 314 g/mol. The van der Waals surface area contributed by atoms with Gasteiger partial charge in [0.15, 0.2) is 5.78 Å². The molecule has 0 amide bonds. The van der Waals surface area contributed by atoms with Crippen molar-refractivity contribution in [1.29, 1.82) is 0 Å². The minimum Gasteiger partial charge on any atom is -0.508 e. The van der Waals surface area contributed by atoms with Gasteiger partial charge in [-0.25, -0.2) is 0 Å². The molecule has 2 aromatic rings. The van der Waals surface area contributed by atoms with Gasteiger partial charge in [-0.2, -0.15) is 0 Å². The Morgan fingerprint density at radius 1 is 1.24 bits per heavy atom. The normalized spacial score (nSPS) is 11.3. The Morgan fingerprint density at radius 3 is 2.60 bits per heavy atom. The van der Waals surface area contributed by atoms with Crippen LogP contribution in [-0.4, -0.2) is 17.5 Å². The van der Waals surface area contributed by atoms with Crippen molar-refractivity contribution in [2.45, 2.75) is 20.3 Å². The van der Waals surface area contributed by atoms with E-state index in [0.717, 1.165) is 11.1 Å². The first kappa shape index (κ1) is 18.3. The van der Waals surface area contributed by atoms with E-state index in [4.69, 9.17) is 10.5 Å². The van der Waals surface area contributed by atoms with Gasteiger partial charge in [0, 0.05) is 22.9 Å². The molecule has 3 N–H and O–H groups in total. The summed E-state index contributed by atoms with van der Waals surface area (Å²) in [5, 5.41) is 10.1. The van der Waals surface area contributed by atoms with Crippen LogP contribution in [0.2, 0.25) is 0 Å². The van der Waals surface area contributed by atoms with Gasteiger partial charge in [0.2, 0.25) is 0 Å². The van der Waals surface area contributed by atoms with Crippen molar-refractivity contribution in [3.05, 3.63) is 71.3 Å². The number of hydrogen-bond acceptors (Lipinski definition) is 4. The van der Waals surface area contributed by atoms with Crippen LogP contribution in [0.25, 0.3) is 6.08 Å². The monoisotopic (exact) mass is 337 g/mol. The second kappa shape index (κ2) is 8.73. The van der Waals surface area contributed by atoms with Crippen molar-refractivity contribution in [2.75, 3.05) is 12.3 Å². The third kappa shape index (κ3) is 4.98. The minimum absolute atomic E-state index is 0.120. The number of allylic oxidation sites excluding steroid dienone is 3. The summed E-state index contributed by atoms with van der Waals surface area (Å²) in [5.41, 5.74) is 8.36. The van der Waals surface area contributed by atoms with E-state index in [0.29, 0.717) is 30.0 Å². The highest BCUT2D eigenvalue weighted by molar-refractivity contribution is 6.07. The van der Waals surface area contributed by atoms with Crippen molar-refractivity contribution in [1.82, 2.24) is 0 Å². The predicted molar refractivity (Wildman–Crippen MR) is 102 cm³/mol. The van der Waals surface area contributed by atoms with Crippen LogP contribution in [0, 0.1) is 0 Å². The molecule has 0 aliphatic carbocycles.